The van der Waals surface area contributed by atoms with Crippen molar-refractivity contribution >= 4 is 12.1 Å². The molecule has 1 fully saturated rings. The molecule has 1 amide bonds. The molecule has 26 heavy (non-hydrogen) atoms. The highest BCUT2D eigenvalue weighted by atomic mass is 16.6. The second-order valence-corrected chi connectivity index (χ2v) is 6.83. The van der Waals surface area contributed by atoms with E-state index in [9.17, 15) is 9.59 Å². The number of benzene rings is 2. The lowest BCUT2D eigenvalue weighted by Gasteiger charge is -2.43. The normalized spacial score (nSPS) is 22.6. The van der Waals surface area contributed by atoms with Crippen LogP contribution in [0.4, 0.5) is 4.79 Å². The summed E-state index contributed by atoms with van der Waals surface area (Å²) in [5.74, 6) is -0.291. The topological polar surface area (TPSA) is 55.8 Å². The predicted molar refractivity (Wildman–Crippen MR) is 97.1 cm³/mol. The average molecular weight is 353 g/mol. The number of carbonyl (C=O) groups is 2. The summed E-state index contributed by atoms with van der Waals surface area (Å²) in [4.78, 5) is 26.5. The van der Waals surface area contributed by atoms with Gasteiger partial charge in [0.1, 0.15) is 6.61 Å². The summed E-state index contributed by atoms with van der Waals surface area (Å²) in [7, 11) is 0. The molecule has 5 nitrogen and oxygen atoms in total. The molecule has 0 saturated carbocycles. The smallest absolute Gasteiger partial charge is 0.413 e. The van der Waals surface area contributed by atoms with Crippen LogP contribution in [0.15, 0.2) is 60.7 Å². The molecule has 5 heteroatoms. The molecule has 2 atom stereocenters. The zero-order chi connectivity index (χ0) is 18.6. The van der Waals surface area contributed by atoms with Crippen LogP contribution in [0.5, 0.6) is 0 Å². The summed E-state index contributed by atoms with van der Waals surface area (Å²) < 4.78 is 10.7. The van der Waals surface area contributed by atoms with Crippen molar-refractivity contribution in [1.82, 2.24) is 4.90 Å². The van der Waals surface area contributed by atoms with Gasteiger partial charge in [-0.1, -0.05) is 60.7 Å². The van der Waals surface area contributed by atoms with E-state index >= 15 is 0 Å². The van der Waals surface area contributed by atoms with Crippen LogP contribution in [-0.4, -0.2) is 29.7 Å². The second kappa shape index (κ2) is 7.60. The summed E-state index contributed by atoms with van der Waals surface area (Å²) in [6, 6.07) is 18.9. The Hall–Kier alpha value is -2.82. The van der Waals surface area contributed by atoms with Gasteiger partial charge in [-0.2, -0.15) is 0 Å². The Bertz CT molecular complexity index is 762. The summed E-state index contributed by atoms with van der Waals surface area (Å²) in [5, 5.41) is 0. The van der Waals surface area contributed by atoms with Gasteiger partial charge in [-0.3, -0.25) is 9.69 Å². The van der Waals surface area contributed by atoms with Crippen molar-refractivity contribution in [3.8, 4) is 0 Å². The molecule has 2 aromatic carbocycles. The third-order valence-electron chi connectivity index (χ3n) is 5.04. The number of esters is 1. The predicted octanol–water partition coefficient (Wildman–Crippen LogP) is 3.78. The van der Waals surface area contributed by atoms with Gasteiger partial charge in [0.2, 0.25) is 0 Å². The molecule has 1 heterocycles. The Morgan fingerprint density at radius 2 is 1.69 bits per heavy atom. The zero-order valence-electron chi connectivity index (χ0n) is 15.1. The summed E-state index contributed by atoms with van der Waals surface area (Å²) >= 11 is 0. The Labute approximate surface area is 153 Å². The van der Waals surface area contributed by atoms with Gasteiger partial charge in [0, 0.05) is 0 Å². The molecular weight excluding hydrogens is 330 g/mol. The first-order valence-corrected chi connectivity index (χ1v) is 8.69. The van der Waals surface area contributed by atoms with Crippen LogP contribution in [0, 0.1) is 5.41 Å². The van der Waals surface area contributed by atoms with E-state index in [0.29, 0.717) is 6.42 Å². The van der Waals surface area contributed by atoms with Crippen molar-refractivity contribution in [1.29, 1.82) is 0 Å². The molecule has 1 aliphatic rings. The van der Waals surface area contributed by atoms with E-state index in [4.69, 9.17) is 9.47 Å². The minimum Gasteiger partial charge on any atom is -0.444 e. The standard InChI is InChI=1S/C21H23NO4/c1-16-21(2,13-17-9-5-3-6-10-17)19(23)26-15-22(16)20(24)25-14-18-11-7-4-8-12-18/h3-12,16H,13-15H2,1-2H3/t16-,21-/m0/s1. The minimum absolute atomic E-state index is 0.0853. The molecule has 1 saturated heterocycles. The van der Waals surface area contributed by atoms with Gasteiger partial charge in [0.15, 0.2) is 6.73 Å². The lowest BCUT2D eigenvalue weighted by atomic mass is 9.76. The van der Waals surface area contributed by atoms with Crippen LogP contribution in [0.3, 0.4) is 0 Å². The summed E-state index contributed by atoms with van der Waals surface area (Å²) in [6.45, 7) is 3.81. The fraction of sp³-hybridized carbons (Fsp3) is 0.333. The van der Waals surface area contributed by atoms with Gasteiger partial charge in [0.25, 0.3) is 0 Å². The lowest BCUT2D eigenvalue weighted by Crippen LogP contribution is -2.58. The Morgan fingerprint density at radius 3 is 2.31 bits per heavy atom. The molecule has 0 spiro atoms. The quantitative estimate of drug-likeness (QED) is 0.785. The number of ether oxygens (including phenoxy) is 2. The van der Waals surface area contributed by atoms with Crippen molar-refractivity contribution in [3.05, 3.63) is 71.8 Å². The second-order valence-electron chi connectivity index (χ2n) is 6.83. The van der Waals surface area contributed by atoms with Gasteiger partial charge in [0.05, 0.1) is 11.5 Å². The van der Waals surface area contributed by atoms with Crippen LogP contribution in [0.25, 0.3) is 0 Å². The number of cyclic esters (lactones) is 1. The molecule has 1 aliphatic heterocycles. The maximum absolute atomic E-state index is 12.5. The van der Waals surface area contributed by atoms with Crippen molar-refractivity contribution in [2.24, 2.45) is 5.41 Å². The average Bonchev–Trinajstić information content (AvgIpc) is 2.66. The van der Waals surface area contributed by atoms with Crippen LogP contribution < -0.4 is 0 Å². The first-order valence-electron chi connectivity index (χ1n) is 8.69. The third-order valence-corrected chi connectivity index (χ3v) is 5.04. The lowest BCUT2D eigenvalue weighted by molar-refractivity contribution is -0.177. The summed E-state index contributed by atoms with van der Waals surface area (Å²) in [6.07, 6.45) is 0.0178. The maximum Gasteiger partial charge on any atom is 0.413 e. The van der Waals surface area contributed by atoms with Crippen LogP contribution >= 0.6 is 0 Å². The zero-order valence-corrected chi connectivity index (χ0v) is 15.1. The molecular formula is C21H23NO4. The highest BCUT2D eigenvalue weighted by Crippen LogP contribution is 2.35. The molecule has 0 aromatic heterocycles. The van der Waals surface area contributed by atoms with Gasteiger partial charge < -0.3 is 9.47 Å². The first-order chi connectivity index (χ1) is 12.5. The molecule has 0 radical (unpaired) electrons. The monoisotopic (exact) mass is 353 g/mol. The van der Waals surface area contributed by atoms with E-state index in [1.807, 2.05) is 74.5 Å². The van der Waals surface area contributed by atoms with Crippen molar-refractivity contribution in [3.63, 3.8) is 0 Å². The molecule has 0 N–H and O–H groups in total. The number of nitrogens with zero attached hydrogens (tertiary/aromatic N) is 1. The van der Waals surface area contributed by atoms with Gasteiger partial charge in [-0.05, 0) is 31.4 Å². The number of hydrogen-bond donors (Lipinski definition) is 0. The van der Waals surface area contributed by atoms with E-state index < -0.39 is 11.5 Å². The van der Waals surface area contributed by atoms with E-state index in [-0.39, 0.29) is 25.3 Å². The van der Waals surface area contributed by atoms with Crippen LogP contribution in [0.2, 0.25) is 0 Å². The molecule has 0 bridgehead atoms. The highest BCUT2D eigenvalue weighted by molar-refractivity contribution is 5.81. The van der Waals surface area contributed by atoms with Crippen LogP contribution in [0.1, 0.15) is 25.0 Å². The van der Waals surface area contributed by atoms with Crippen molar-refractivity contribution < 1.29 is 19.1 Å². The summed E-state index contributed by atoms with van der Waals surface area (Å²) in [5.41, 5.74) is 1.11. The van der Waals surface area contributed by atoms with Crippen LogP contribution in [-0.2, 0) is 27.3 Å². The van der Waals surface area contributed by atoms with Gasteiger partial charge in [-0.25, -0.2) is 4.79 Å². The van der Waals surface area contributed by atoms with E-state index in [2.05, 4.69) is 0 Å². The number of hydrogen-bond acceptors (Lipinski definition) is 4. The van der Waals surface area contributed by atoms with Gasteiger partial charge >= 0.3 is 12.1 Å². The Morgan fingerprint density at radius 1 is 1.12 bits per heavy atom. The molecule has 136 valence electrons. The SMILES string of the molecule is C[C@@H]1N(C(=O)OCc2ccccc2)COC(=O)[C@@]1(C)Cc1ccccc1. The van der Waals surface area contributed by atoms with Crippen molar-refractivity contribution in [2.45, 2.75) is 32.9 Å². The molecule has 0 aliphatic carbocycles. The number of amides is 1. The fourth-order valence-electron chi connectivity index (χ4n) is 3.17. The fourth-order valence-corrected chi connectivity index (χ4v) is 3.17. The van der Waals surface area contributed by atoms with Crippen molar-refractivity contribution in [2.75, 3.05) is 6.73 Å². The Kier molecular flexibility index (Phi) is 5.26. The van der Waals surface area contributed by atoms with E-state index in [0.717, 1.165) is 11.1 Å². The Balaban J connectivity index is 1.70. The molecule has 2 aromatic rings. The molecule has 3 rings (SSSR count). The highest BCUT2D eigenvalue weighted by Gasteiger charge is 2.48. The third kappa shape index (κ3) is 3.72. The van der Waals surface area contributed by atoms with E-state index in [1.165, 1.54) is 4.90 Å². The number of carbonyl (C=O) groups excluding carboxylic acids is 2. The van der Waals surface area contributed by atoms with E-state index in [1.54, 1.807) is 0 Å². The largest absolute Gasteiger partial charge is 0.444 e. The maximum atomic E-state index is 12.5. The van der Waals surface area contributed by atoms with Gasteiger partial charge in [-0.15, -0.1) is 0 Å². The molecule has 0 unspecified atom stereocenters. The number of rotatable bonds is 4. The first kappa shape index (κ1) is 18.0. The minimum atomic E-state index is -0.828.